The van der Waals surface area contributed by atoms with Gasteiger partial charge in [-0.3, -0.25) is 9.59 Å². The van der Waals surface area contributed by atoms with Crippen molar-refractivity contribution >= 4 is 17.5 Å². The summed E-state index contributed by atoms with van der Waals surface area (Å²) >= 11 is 0. The number of carbonyl (C=O) groups is 2. The predicted molar refractivity (Wildman–Crippen MR) is 90.4 cm³/mol. The van der Waals surface area contributed by atoms with E-state index in [0.29, 0.717) is 13.0 Å². The number of nitrogens with one attached hydrogen (secondary N) is 1. The minimum absolute atomic E-state index is 0.0407. The fourth-order valence-corrected chi connectivity index (χ4v) is 2.91. The van der Waals surface area contributed by atoms with Crippen molar-refractivity contribution in [3.8, 4) is 0 Å². The number of hydrogen-bond donors (Lipinski definition) is 1. The molecule has 4 heteroatoms. The van der Waals surface area contributed by atoms with Gasteiger partial charge in [-0.2, -0.15) is 0 Å². The first kappa shape index (κ1) is 15.3. The van der Waals surface area contributed by atoms with Crippen LogP contribution >= 0.6 is 0 Å². The Kier molecular flexibility index (Phi) is 4.42. The summed E-state index contributed by atoms with van der Waals surface area (Å²) in [6.45, 7) is 2.71. The van der Waals surface area contributed by atoms with Crippen molar-refractivity contribution < 1.29 is 9.59 Å². The van der Waals surface area contributed by atoms with Crippen LogP contribution in [0, 0.1) is 6.92 Å². The number of amides is 2. The second kappa shape index (κ2) is 6.65. The van der Waals surface area contributed by atoms with E-state index in [1.807, 2.05) is 55.5 Å². The maximum Gasteiger partial charge on any atom is 0.246 e. The molecule has 0 aliphatic carbocycles. The van der Waals surface area contributed by atoms with Crippen LogP contribution in [-0.4, -0.2) is 24.9 Å². The Hall–Kier alpha value is -2.62. The number of carbonyl (C=O) groups excluding carboxylic acids is 2. The van der Waals surface area contributed by atoms with Crippen LogP contribution < -0.4 is 10.2 Å². The molecule has 0 spiro atoms. The lowest BCUT2D eigenvalue weighted by Crippen LogP contribution is -2.40. The van der Waals surface area contributed by atoms with Crippen molar-refractivity contribution in [3.63, 3.8) is 0 Å². The third-order valence-corrected chi connectivity index (χ3v) is 4.24. The summed E-state index contributed by atoms with van der Waals surface area (Å²) in [5.74, 6) is -0.187. The zero-order valence-corrected chi connectivity index (χ0v) is 13.2. The number of aryl methyl sites for hydroxylation is 1. The molecule has 0 bridgehead atoms. The van der Waals surface area contributed by atoms with Crippen LogP contribution in [0.15, 0.2) is 48.5 Å². The summed E-state index contributed by atoms with van der Waals surface area (Å²) in [4.78, 5) is 26.1. The number of anilines is 1. The summed E-state index contributed by atoms with van der Waals surface area (Å²) in [6, 6.07) is 15.7. The highest BCUT2D eigenvalue weighted by atomic mass is 16.2. The van der Waals surface area contributed by atoms with Crippen LogP contribution in [0.3, 0.4) is 0 Å². The molecule has 0 saturated heterocycles. The Balaban J connectivity index is 1.56. The molecule has 1 N–H and O–H groups in total. The molecule has 0 aromatic heterocycles. The molecular formula is C19H20N2O2. The molecule has 3 rings (SSSR count). The molecule has 23 heavy (non-hydrogen) atoms. The van der Waals surface area contributed by atoms with Gasteiger partial charge in [-0.25, -0.2) is 0 Å². The van der Waals surface area contributed by atoms with E-state index in [1.54, 1.807) is 4.90 Å². The van der Waals surface area contributed by atoms with Crippen molar-refractivity contribution in [2.24, 2.45) is 0 Å². The second-order valence-corrected chi connectivity index (χ2v) is 5.80. The highest BCUT2D eigenvalue weighted by Gasteiger charge is 2.24. The van der Waals surface area contributed by atoms with Crippen LogP contribution in [0.4, 0.5) is 5.69 Å². The Bertz CT molecular complexity index is 740. The summed E-state index contributed by atoms with van der Waals surface area (Å²) in [5, 5.41) is 2.74. The monoisotopic (exact) mass is 308 g/mol. The van der Waals surface area contributed by atoms with Crippen LogP contribution in [0.1, 0.15) is 16.7 Å². The quantitative estimate of drug-likeness (QED) is 0.942. The SMILES string of the molecule is Cc1ccccc1CC(=O)NCC(=O)N1CCc2ccccc21. The van der Waals surface area contributed by atoms with Gasteiger partial charge < -0.3 is 10.2 Å². The highest BCUT2D eigenvalue weighted by Crippen LogP contribution is 2.27. The molecule has 2 aromatic carbocycles. The molecular weight excluding hydrogens is 288 g/mol. The first-order valence-electron chi connectivity index (χ1n) is 7.84. The molecule has 1 aliphatic heterocycles. The molecule has 0 atom stereocenters. The first-order valence-corrected chi connectivity index (χ1v) is 7.84. The van der Waals surface area contributed by atoms with Crippen molar-refractivity contribution in [2.75, 3.05) is 18.0 Å². The molecule has 2 aromatic rings. The summed E-state index contributed by atoms with van der Waals surface area (Å²) in [5.41, 5.74) is 4.23. The predicted octanol–water partition coefficient (Wildman–Crippen LogP) is 2.24. The van der Waals surface area contributed by atoms with Gasteiger partial charge in [-0.15, -0.1) is 0 Å². The Labute approximate surface area is 136 Å². The fourth-order valence-electron chi connectivity index (χ4n) is 2.91. The minimum Gasteiger partial charge on any atom is -0.347 e. The van der Waals surface area contributed by atoms with E-state index < -0.39 is 0 Å². The summed E-state index contributed by atoms with van der Waals surface area (Å²) < 4.78 is 0. The van der Waals surface area contributed by atoms with Crippen LogP contribution in [-0.2, 0) is 22.4 Å². The first-order chi connectivity index (χ1) is 11.1. The van der Waals surface area contributed by atoms with Gasteiger partial charge in [-0.05, 0) is 36.1 Å². The molecule has 0 unspecified atom stereocenters. The van der Waals surface area contributed by atoms with Gasteiger partial charge >= 0.3 is 0 Å². The summed E-state index contributed by atoms with van der Waals surface area (Å²) in [7, 11) is 0. The Morgan fingerprint density at radius 3 is 2.65 bits per heavy atom. The van der Waals surface area contributed by atoms with Gasteiger partial charge in [0.25, 0.3) is 0 Å². The molecule has 0 radical (unpaired) electrons. The van der Waals surface area contributed by atoms with Crippen molar-refractivity contribution in [1.82, 2.24) is 5.32 Å². The van der Waals surface area contributed by atoms with E-state index in [-0.39, 0.29) is 18.4 Å². The molecule has 0 fully saturated rings. The fraction of sp³-hybridized carbons (Fsp3) is 0.263. The zero-order valence-electron chi connectivity index (χ0n) is 13.2. The van der Waals surface area contributed by atoms with Gasteiger partial charge in [0.2, 0.25) is 11.8 Å². The van der Waals surface area contributed by atoms with E-state index in [0.717, 1.165) is 23.2 Å². The van der Waals surface area contributed by atoms with Crippen molar-refractivity contribution in [3.05, 3.63) is 65.2 Å². The molecule has 0 saturated carbocycles. The zero-order chi connectivity index (χ0) is 16.2. The molecule has 1 heterocycles. The Morgan fingerprint density at radius 1 is 1.09 bits per heavy atom. The van der Waals surface area contributed by atoms with Crippen molar-refractivity contribution in [1.29, 1.82) is 0 Å². The van der Waals surface area contributed by atoms with Crippen LogP contribution in [0.2, 0.25) is 0 Å². The Morgan fingerprint density at radius 2 is 1.83 bits per heavy atom. The number of benzene rings is 2. The average molecular weight is 308 g/mol. The third-order valence-electron chi connectivity index (χ3n) is 4.24. The number of para-hydroxylation sites is 1. The van der Waals surface area contributed by atoms with E-state index >= 15 is 0 Å². The second-order valence-electron chi connectivity index (χ2n) is 5.80. The number of hydrogen-bond acceptors (Lipinski definition) is 2. The standard InChI is InChI=1S/C19H20N2O2/c1-14-6-2-3-8-16(14)12-18(22)20-13-19(23)21-11-10-15-7-4-5-9-17(15)21/h2-9H,10-13H2,1H3,(H,20,22). The normalized spacial score (nSPS) is 12.8. The molecule has 1 aliphatic rings. The lowest BCUT2D eigenvalue weighted by molar-refractivity contribution is -0.124. The van der Waals surface area contributed by atoms with E-state index in [9.17, 15) is 9.59 Å². The van der Waals surface area contributed by atoms with E-state index in [4.69, 9.17) is 0 Å². The van der Waals surface area contributed by atoms with E-state index in [2.05, 4.69) is 5.32 Å². The minimum atomic E-state index is -0.125. The number of nitrogens with zero attached hydrogens (tertiary/aromatic N) is 1. The average Bonchev–Trinajstić information content (AvgIpc) is 2.99. The lowest BCUT2D eigenvalue weighted by Gasteiger charge is -2.17. The largest absolute Gasteiger partial charge is 0.347 e. The van der Waals surface area contributed by atoms with Crippen LogP contribution in [0.5, 0.6) is 0 Å². The third kappa shape index (κ3) is 3.42. The molecule has 118 valence electrons. The molecule has 2 amide bonds. The maximum atomic E-state index is 12.3. The van der Waals surface area contributed by atoms with Crippen LogP contribution in [0.25, 0.3) is 0 Å². The van der Waals surface area contributed by atoms with Gasteiger partial charge in [0, 0.05) is 12.2 Å². The van der Waals surface area contributed by atoms with Crippen molar-refractivity contribution in [2.45, 2.75) is 19.8 Å². The number of rotatable bonds is 4. The van der Waals surface area contributed by atoms with Gasteiger partial charge in [0.05, 0.1) is 13.0 Å². The summed E-state index contributed by atoms with van der Waals surface area (Å²) in [6.07, 6.45) is 1.18. The van der Waals surface area contributed by atoms with Gasteiger partial charge in [-0.1, -0.05) is 42.5 Å². The highest BCUT2D eigenvalue weighted by molar-refractivity contribution is 5.98. The van der Waals surface area contributed by atoms with Gasteiger partial charge in [0.15, 0.2) is 0 Å². The van der Waals surface area contributed by atoms with Gasteiger partial charge in [0.1, 0.15) is 0 Å². The lowest BCUT2D eigenvalue weighted by atomic mass is 10.1. The smallest absolute Gasteiger partial charge is 0.246 e. The van der Waals surface area contributed by atoms with E-state index in [1.165, 1.54) is 5.56 Å². The maximum absolute atomic E-state index is 12.3. The topological polar surface area (TPSA) is 49.4 Å². The number of fused-ring (bicyclic) bond motifs is 1. The molecule has 4 nitrogen and oxygen atoms in total.